The van der Waals surface area contributed by atoms with Crippen LogP contribution < -0.4 is 10.2 Å². The number of rotatable bonds is 5. The van der Waals surface area contributed by atoms with Gasteiger partial charge in [0.25, 0.3) is 17.5 Å². The maximum Gasteiger partial charge on any atom is 0.270 e. The second-order valence-electron chi connectivity index (χ2n) is 7.37. The predicted molar refractivity (Wildman–Crippen MR) is 127 cm³/mol. The highest BCUT2D eigenvalue weighted by Gasteiger charge is 2.24. The number of hydrogen-bond acceptors (Lipinski definition) is 7. The van der Waals surface area contributed by atoms with Crippen molar-refractivity contribution in [2.45, 2.75) is 6.42 Å². The van der Waals surface area contributed by atoms with E-state index in [2.05, 4.69) is 15.2 Å². The summed E-state index contributed by atoms with van der Waals surface area (Å²) in [6.07, 6.45) is 2.57. The standard InChI is InChI=1S/C22H20ClN5O4S/c23-18-14-15(28(31)32)6-7-16(18)20(29)25-19-5-2-1-4-17(19)21(30)26-9-3-10-27(12-11-26)22-24-8-13-33-22/h1-2,4-8,13-14H,3,9-12H2,(H,25,29). The minimum absolute atomic E-state index is 0.0414. The Morgan fingerprint density at radius 1 is 1.09 bits per heavy atom. The van der Waals surface area contributed by atoms with Crippen molar-refractivity contribution < 1.29 is 14.5 Å². The van der Waals surface area contributed by atoms with E-state index in [0.29, 0.717) is 30.9 Å². The number of non-ortho nitro benzene ring substituents is 1. The molecule has 0 radical (unpaired) electrons. The van der Waals surface area contributed by atoms with E-state index in [1.54, 1.807) is 46.7 Å². The molecule has 0 spiro atoms. The van der Waals surface area contributed by atoms with E-state index in [-0.39, 0.29) is 22.2 Å². The molecule has 2 amide bonds. The number of nitro groups is 1. The summed E-state index contributed by atoms with van der Waals surface area (Å²) in [5.74, 6) is -0.734. The van der Waals surface area contributed by atoms with E-state index in [1.807, 2.05) is 5.38 Å². The quantitative estimate of drug-likeness (QED) is 0.426. The predicted octanol–water partition coefficient (Wildman–Crippen LogP) is 4.31. The Kier molecular flexibility index (Phi) is 6.85. The van der Waals surface area contributed by atoms with Gasteiger partial charge in [0.2, 0.25) is 0 Å². The summed E-state index contributed by atoms with van der Waals surface area (Å²) in [5, 5.41) is 16.5. The van der Waals surface area contributed by atoms with Gasteiger partial charge in [0, 0.05) is 49.9 Å². The van der Waals surface area contributed by atoms with Crippen LogP contribution in [0.25, 0.3) is 0 Å². The number of benzene rings is 2. The molecule has 1 aromatic heterocycles. The maximum absolute atomic E-state index is 13.3. The summed E-state index contributed by atoms with van der Waals surface area (Å²) in [5.41, 5.74) is 0.591. The number of thiazole rings is 1. The zero-order valence-electron chi connectivity index (χ0n) is 17.4. The highest BCUT2D eigenvalue weighted by atomic mass is 35.5. The van der Waals surface area contributed by atoms with Crippen LogP contribution in [0.15, 0.2) is 54.0 Å². The topological polar surface area (TPSA) is 109 Å². The first-order valence-corrected chi connectivity index (χ1v) is 11.5. The summed E-state index contributed by atoms with van der Waals surface area (Å²) < 4.78 is 0. The molecule has 9 nitrogen and oxygen atoms in total. The highest BCUT2D eigenvalue weighted by Crippen LogP contribution is 2.25. The smallest absolute Gasteiger partial charge is 0.270 e. The molecular weight excluding hydrogens is 466 g/mol. The second kappa shape index (κ2) is 9.97. The molecule has 2 aromatic carbocycles. The van der Waals surface area contributed by atoms with Gasteiger partial charge >= 0.3 is 0 Å². The van der Waals surface area contributed by atoms with E-state index < -0.39 is 10.8 Å². The molecule has 11 heteroatoms. The Bertz CT molecular complexity index is 1190. The Morgan fingerprint density at radius 2 is 1.91 bits per heavy atom. The molecule has 1 N–H and O–H groups in total. The Balaban J connectivity index is 1.50. The van der Waals surface area contributed by atoms with Gasteiger partial charge in [-0.3, -0.25) is 19.7 Å². The summed E-state index contributed by atoms with van der Waals surface area (Å²) in [6, 6.07) is 10.4. The zero-order chi connectivity index (χ0) is 23.4. The van der Waals surface area contributed by atoms with Gasteiger partial charge in [0.15, 0.2) is 5.13 Å². The van der Waals surface area contributed by atoms with Gasteiger partial charge in [-0.2, -0.15) is 0 Å². The molecule has 0 aliphatic carbocycles. The molecule has 1 aliphatic heterocycles. The van der Waals surface area contributed by atoms with Crippen molar-refractivity contribution in [1.29, 1.82) is 0 Å². The number of halogens is 1. The lowest BCUT2D eigenvalue weighted by atomic mass is 10.1. The van der Waals surface area contributed by atoms with Crippen LogP contribution in [0.2, 0.25) is 5.02 Å². The van der Waals surface area contributed by atoms with Crippen LogP contribution in [0.5, 0.6) is 0 Å². The average molecular weight is 486 g/mol. The van der Waals surface area contributed by atoms with Crippen molar-refractivity contribution in [1.82, 2.24) is 9.88 Å². The number of anilines is 2. The van der Waals surface area contributed by atoms with E-state index >= 15 is 0 Å². The van der Waals surface area contributed by atoms with Crippen molar-refractivity contribution in [2.24, 2.45) is 0 Å². The second-order valence-corrected chi connectivity index (χ2v) is 8.65. The monoisotopic (exact) mass is 485 g/mol. The van der Waals surface area contributed by atoms with Crippen LogP contribution in [-0.2, 0) is 0 Å². The summed E-state index contributed by atoms with van der Waals surface area (Å²) in [7, 11) is 0. The Labute approximate surface area is 198 Å². The van der Waals surface area contributed by atoms with Crippen LogP contribution >= 0.6 is 22.9 Å². The number of nitrogens with one attached hydrogen (secondary N) is 1. The first kappa shape index (κ1) is 22.7. The van der Waals surface area contributed by atoms with Crippen LogP contribution in [0.1, 0.15) is 27.1 Å². The maximum atomic E-state index is 13.3. The molecule has 1 aliphatic rings. The molecule has 3 aromatic rings. The van der Waals surface area contributed by atoms with Crippen molar-refractivity contribution in [3.63, 3.8) is 0 Å². The first-order valence-electron chi connectivity index (χ1n) is 10.2. The number of carbonyl (C=O) groups is 2. The van der Waals surface area contributed by atoms with Crippen LogP contribution in [0, 0.1) is 10.1 Å². The fraction of sp³-hybridized carbons (Fsp3) is 0.227. The van der Waals surface area contributed by atoms with Gasteiger partial charge in [0.05, 0.1) is 26.8 Å². The lowest BCUT2D eigenvalue weighted by Crippen LogP contribution is -2.35. The molecule has 0 bridgehead atoms. The number of amides is 2. The van der Waals surface area contributed by atoms with Gasteiger partial charge in [-0.05, 0) is 24.6 Å². The number of carbonyl (C=O) groups excluding carboxylic acids is 2. The van der Waals surface area contributed by atoms with Crippen molar-refractivity contribution in [3.05, 3.63) is 80.3 Å². The molecule has 33 heavy (non-hydrogen) atoms. The lowest BCUT2D eigenvalue weighted by Gasteiger charge is -2.23. The normalized spacial score (nSPS) is 14.0. The molecule has 0 atom stereocenters. The van der Waals surface area contributed by atoms with Crippen molar-refractivity contribution in [2.75, 3.05) is 36.4 Å². The lowest BCUT2D eigenvalue weighted by molar-refractivity contribution is -0.384. The number of hydrogen-bond donors (Lipinski definition) is 1. The molecule has 170 valence electrons. The van der Waals surface area contributed by atoms with Crippen LogP contribution in [-0.4, -0.2) is 52.8 Å². The molecule has 2 heterocycles. The third kappa shape index (κ3) is 5.12. The van der Waals surface area contributed by atoms with Crippen LogP contribution in [0.4, 0.5) is 16.5 Å². The summed E-state index contributed by atoms with van der Waals surface area (Å²) in [4.78, 5) is 44.7. The fourth-order valence-electron chi connectivity index (χ4n) is 3.62. The van der Waals surface area contributed by atoms with E-state index in [4.69, 9.17) is 11.6 Å². The molecule has 0 unspecified atom stereocenters. The van der Waals surface area contributed by atoms with E-state index in [9.17, 15) is 19.7 Å². The van der Waals surface area contributed by atoms with E-state index in [0.717, 1.165) is 24.2 Å². The fourth-order valence-corrected chi connectivity index (χ4v) is 4.58. The van der Waals surface area contributed by atoms with Gasteiger partial charge in [-0.1, -0.05) is 23.7 Å². The Hall–Kier alpha value is -3.50. The average Bonchev–Trinajstić information content (AvgIpc) is 3.23. The van der Waals surface area contributed by atoms with Gasteiger partial charge < -0.3 is 15.1 Å². The number of para-hydroxylation sites is 1. The van der Waals surface area contributed by atoms with Crippen molar-refractivity contribution >= 4 is 51.3 Å². The van der Waals surface area contributed by atoms with Crippen molar-refractivity contribution in [3.8, 4) is 0 Å². The number of aromatic nitrogens is 1. The molecule has 0 saturated carbocycles. The molecular formula is C22H20ClN5O4S. The summed E-state index contributed by atoms with van der Waals surface area (Å²) in [6.45, 7) is 2.62. The summed E-state index contributed by atoms with van der Waals surface area (Å²) >= 11 is 7.65. The van der Waals surface area contributed by atoms with Gasteiger partial charge in [-0.15, -0.1) is 11.3 Å². The minimum atomic E-state index is -0.585. The van der Waals surface area contributed by atoms with Crippen LogP contribution in [0.3, 0.4) is 0 Å². The first-order chi connectivity index (χ1) is 15.9. The molecule has 1 saturated heterocycles. The zero-order valence-corrected chi connectivity index (χ0v) is 19.0. The highest BCUT2D eigenvalue weighted by molar-refractivity contribution is 7.13. The number of nitro benzene ring substituents is 1. The third-order valence-corrected chi connectivity index (χ3v) is 6.43. The third-order valence-electron chi connectivity index (χ3n) is 5.29. The van der Waals surface area contributed by atoms with E-state index in [1.165, 1.54) is 12.1 Å². The largest absolute Gasteiger partial charge is 0.346 e. The number of nitrogens with zero attached hydrogens (tertiary/aromatic N) is 4. The van der Waals surface area contributed by atoms with Gasteiger partial charge in [-0.25, -0.2) is 4.98 Å². The minimum Gasteiger partial charge on any atom is -0.346 e. The molecule has 1 fully saturated rings. The SMILES string of the molecule is O=C(Nc1ccccc1C(=O)N1CCCN(c2nccs2)CC1)c1ccc([N+](=O)[O-])cc1Cl. The van der Waals surface area contributed by atoms with Gasteiger partial charge in [0.1, 0.15) is 0 Å². The Morgan fingerprint density at radius 3 is 2.64 bits per heavy atom. The molecule has 4 rings (SSSR count).